The summed E-state index contributed by atoms with van der Waals surface area (Å²) in [4.78, 5) is -0.543. The number of hydrogen-bond donors (Lipinski definition) is 2. The molecule has 0 bridgehead atoms. The molecule has 4 nitrogen and oxygen atoms in total. The molecule has 0 fully saturated rings. The second kappa shape index (κ2) is 5.59. The molecule has 0 unspecified atom stereocenters. The number of hydrogen-bond acceptors (Lipinski definition) is 3. The highest BCUT2D eigenvalue weighted by atomic mass is 79.9. The summed E-state index contributed by atoms with van der Waals surface area (Å²) in [6.45, 7) is 0. The van der Waals surface area contributed by atoms with Gasteiger partial charge in [0, 0.05) is 10.2 Å². The third kappa shape index (κ3) is 3.05. The molecule has 0 heterocycles. The van der Waals surface area contributed by atoms with Gasteiger partial charge in [-0.2, -0.15) is 0 Å². The first-order valence-corrected chi connectivity index (χ1v) is 7.98. The van der Waals surface area contributed by atoms with E-state index in [0.717, 1.165) is 12.1 Å². The lowest BCUT2D eigenvalue weighted by atomic mass is 10.3. The molecule has 2 aromatic carbocycles. The van der Waals surface area contributed by atoms with Crippen LogP contribution in [0.3, 0.4) is 0 Å². The molecular weight excluding hydrogens is 371 g/mol. The molecule has 106 valence electrons. The van der Waals surface area contributed by atoms with E-state index in [1.807, 2.05) is 0 Å². The van der Waals surface area contributed by atoms with Crippen molar-refractivity contribution in [3.05, 3.63) is 51.7 Å². The minimum Gasteiger partial charge on any atom is -0.398 e. The Hall–Kier alpha value is -1.31. The first-order valence-electron chi connectivity index (χ1n) is 5.33. The lowest BCUT2D eigenvalue weighted by Gasteiger charge is -2.11. The van der Waals surface area contributed by atoms with Gasteiger partial charge >= 0.3 is 0 Å². The van der Waals surface area contributed by atoms with Crippen molar-refractivity contribution >= 4 is 48.9 Å². The van der Waals surface area contributed by atoms with Crippen LogP contribution in [0, 0.1) is 5.82 Å². The van der Waals surface area contributed by atoms with Crippen LogP contribution in [-0.4, -0.2) is 8.42 Å². The lowest BCUT2D eigenvalue weighted by molar-refractivity contribution is 0.570. The summed E-state index contributed by atoms with van der Waals surface area (Å²) >= 11 is 8.89. The molecular formula is C12H9BrClFN2O2S. The quantitative estimate of drug-likeness (QED) is 0.800. The minimum atomic E-state index is -4.12. The summed E-state index contributed by atoms with van der Waals surface area (Å²) in [5, 5.41) is 0.210. The summed E-state index contributed by atoms with van der Waals surface area (Å²) in [5.41, 5.74) is 5.86. The van der Waals surface area contributed by atoms with Crippen molar-refractivity contribution in [2.24, 2.45) is 0 Å². The summed E-state index contributed by atoms with van der Waals surface area (Å²) in [6.07, 6.45) is 0. The number of benzene rings is 2. The largest absolute Gasteiger partial charge is 0.398 e. The normalized spacial score (nSPS) is 11.3. The average Bonchev–Trinajstić information content (AvgIpc) is 2.36. The molecule has 2 aromatic rings. The molecule has 0 amide bonds. The van der Waals surface area contributed by atoms with Gasteiger partial charge in [0.1, 0.15) is 10.7 Å². The van der Waals surface area contributed by atoms with Gasteiger partial charge in [0.2, 0.25) is 0 Å². The maximum absolute atomic E-state index is 13.8. The van der Waals surface area contributed by atoms with Crippen molar-refractivity contribution in [1.82, 2.24) is 0 Å². The molecule has 0 aliphatic carbocycles. The maximum atomic E-state index is 13.8. The van der Waals surface area contributed by atoms with Gasteiger partial charge in [0.05, 0.1) is 10.7 Å². The second-order valence-corrected chi connectivity index (χ2v) is 6.80. The number of nitrogens with one attached hydrogen (secondary N) is 1. The van der Waals surface area contributed by atoms with Crippen molar-refractivity contribution in [3.63, 3.8) is 0 Å². The fourth-order valence-electron chi connectivity index (χ4n) is 1.49. The molecule has 0 saturated carbocycles. The van der Waals surface area contributed by atoms with E-state index in [1.54, 1.807) is 12.1 Å². The van der Waals surface area contributed by atoms with Gasteiger partial charge in [-0.25, -0.2) is 12.8 Å². The van der Waals surface area contributed by atoms with Crippen LogP contribution in [0.15, 0.2) is 45.8 Å². The van der Waals surface area contributed by atoms with E-state index in [1.165, 1.54) is 12.1 Å². The Balaban J connectivity index is 2.47. The van der Waals surface area contributed by atoms with Gasteiger partial charge in [-0.3, -0.25) is 4.72 Å². The first kappa shape index (κ1) is 15.1. The maximum Gasteiger partial charge on any atom is 0.264 e. The fourth-order valence-corrected chi connectivity index (χ4v) is 3.22. The number of nitrogens with two attached hydrogens (primary N) is 1. The number of halogens is 3. The van der Waals surface area contributed by atoms with Crippen molar-refractivity contribution in [1.29, 1.82) is 0 Å². The fraction of sp³-hybridized carbons (Fsp3) is 0. The van der Waals surface area contributed by atoms with Crippen molar-refractivity contribution in [2.75, 3.05) is 10.5 Å². The molecule has 0 aliphatic heterocycles. The third-order valence-electron chi connectivity index (χ3n) is 2.46. The summed E-state index contributed by atoms with van der Waals surface area (Å²) in [6, 6.07) is 8.29. The number of anilines is 2. The van der Waals surface area contributed by atoms with Crippen molar-refractivity contribution < 1.29 is 12.8 Å². The van der Waals surface area contributed by atoms with Crippen LogP contribution < -0.4 is 10.5 Å². The Morgan fingerprint density at radius 2 is 1.90 bits per heavy atom. The SMILES string of the molecule is Nc1cc(S(=O)(=O)Nc2ccccc2Cl)c(F)cc1Br. The summed E-state index contributed by atoms with van der Waals surface area (Å²) in [7, 11) is -4.12. The smallest absolute Gasteiger partial charge is 0.264 e. The molecule has 0 saturated heterocycles. The number of rotatable bonds is 3. The summed E-state index contributed by atoms with van der Waals surface area (Å²) < 4.78 is 40.6. The number of para-hydroxylation sites is 1. The van der Waals surface area contributed by atoms with Crippen LogP contribution in [0.4, 0.5) is 15.8 Å². The van der Waals surface area contributed by atoms with Crippen LogP contribution in [-0.2, 0) is 10.0 Å². The van der Waals surface area contributed by atoms with E-state index in [0.29, 0.717) is 0 Å². The Morgan fingerprint density at radius 1 is 1.25 bits per heavy atom. The second-order valence-electron chi connectivity index (χ2n) is 3.89. The first-order chi connectivity index (χ1) is 9.31. The van der Waals surface area contributed by atoms with Crippen molar-refractivity contribution in [2.45, 2.75) is 4.90 Å². The molecule has 0 atom stereocenters. The Bertz CT molecular complexity index is 768. The standard InChI is InChI=1S/C12H9BrClFN2O2S/c13-7-5-9(15)12(6-10(7)16)20(18,19)17-11-4-2-1-3-8(11)14/h1-6,17H,16H2. The number of sulfonamides is 1. The number of nitrogen functional groups attached to an aromatic ring is 1. The van der Waals surface area contributed by atoms with E-state index in [9.17, 15) is 12.8 Å². The Morgan fingerprint density at radius 3 is 2.55 bits per heavy atom. The predicted octanol–water partition coefficient (Wildman–Crippen LogP) is 3.62. The highest BCUT2D eigenvalue weighted by molar-refractivity contribution is 9.10. The van der Waals surface area contributed by atoms with Crippen LogP contribution in [0.1, 0.15) is 0 Å². The molecule has 3 N–H and O–H groups in total. The molecule has 0 aliphatic rings. The minimum absolute atomic E-state index is 0.117. The molecule has 0 spiro atoms. The molecule has 0 aromatic heterocycles. The van der Waals surface area contributed by atoms with E-state index in [2.05, 4.69) is 20.7 Å². The monoisotopic (exact) mass is 378 g/mol. The molecule has 20 heavy (non-hydrogen) atoms. The van der Waals surface area contributed by atoms with Crippen molar-refractivity contribution in [3.8, 4) is 0 Å². The molecule has 8 heteroatoms. The Labute approximate surface area is 128 Å². The van der Waals surface area contributed by atoms with E-state index in [-0.39, 0.29) is 20.9 Å². The Kier molecular flexibility index (Phi) is 4.22. The molecule has 2 rings (SSSR count). The van der Waals surface area contributed by atoms with E-state index in [4.69, 9.17) is 17.3 Å². The summed E-state index contributed by atoms with van der Waals surface area (Å²) in [5.74, 6) is -0.911. The van der Waals surface area contributed by atoms with E-state index < -0.39 is 20.7 Å². The van der Waals surface area contributed by atoms with Crippen LogP contribution in [0.5, 0.6) is 0 Å². The van der Waals surface area contributed by atoms with Crippen LogP contribution in [0.25, 0.3) is 0 Å². The highest BCUT2D eigenvalue weighted by Gasteiger charge is 2.21. The molecule has 0 radical (unpaired) electrons. The van der Waals surface area contributed by atoms with Gasteiger partial charge in [-0.15, -0.1) is 0 Å². The van der Waals surface area contributed by atoms with Gasteiger partial charge in [-0.05, 0) is 40.2 Å². The average molecular weight is 380 g/mol. The van der Waals surface area contributed by atoms with Gasteiger partial charge < -0.3 is 5.73 Å². The van der Waals surface area contributed by atoms with Crippen LogP contribution in [0.2, 0.25) is 5.02 Å². The third-order valence-corrected chi connectivity index (χ3v) is 4.86. The highest BCUT2D eigenvalue weighted by Crippen LogP contribution is 2.29. The zero-order valence-electron chi connectivity index (χ0n) is 9.90. The van der Waals surface area contributed by atoms with Gasteiger partial charge in [0.25, 0.3) is 10.0 Å². The predicted molar refractivity (Wildman–Crippen MR) is 80.8 cm³/mol. The lowest BCUT2D eigenvalue weighted by Crippen LogP contribution is -2.15. The van der Waals surface area contributed by atoms with Crippen LogP contribution >= 0.6 is 27.5 Å². The zero-order chi connectivity index (χ0) is 14.9. The zero-order valence-corrected chi connectivity index (χ0v) is 13.1. The van der Waals surface area contributed by atoms with Gasteiger partial charge in [-0.1, -0.05) is 23.7 Å². The van der Waals surface area contributed by atoms with E-state index >= 15 is 0 Å². The van der Waals surface area contributed by atoms with Gasteiger partial charge in [0.15, 0.2) is 0 Å². The topological polar surface area (TPSA) is 72.2 Å².